The van der Waals surface area contributed by atoms with E-state index in [-0.39, 0.29) is 0 Å². The molecule has 0 saturated heterocycles. The predicted molar refractivity (Wildman–Crippen MR) is 68.3 cm³/mol. The summed E-state index contributed by atoms with van der Waals surface area (Å²) >= 11 is 0. The largest absolute Gasteiger partial charge is 0.310 e. The Labute approximate surface area is 98.9 Å². The summed E-state index contributed by atoms with van der Waals surface area (Å²) in [5.74, 6) is 0. The summed E-state index contributed by atoms with van der Waals surface area (Å²) in [5.41, 5.74) is 1.11. The van der Waals surface area contributed by atoms with E-state index < -0.39 is 0 Å². The Morgan fingerprint density at radius 2 is 2.25 bits per heavy atom. The second-order valence-corrected chi connectivity index (χ2v) is 4.24. The summed E-state index contributed by atoms with van der Waals surface area (Å²) in [7, 11) is 2.18. The fraction of sp³-hybridized carbons (Fsp3) is 0.615. The van der Waals surface area contributed by atoms with Gasteiger partial charge in [0.25, 0.3) is 0 Å². The molecular weight excluding hydrogens is 198 g/mol. The van der Waals surface area contributed by atoms with Gasteiger partial charge in [-0.2, -0.15) is 0 Å². The van der Waals surface area contributed by atoms with Crippen molar-refractivity contribution >= 4 is 0 Å². The highest BCUT2D eigenvalue weighted by Gasteiger charge is 2.04. The van der Waals surface area contributed by atoms with Crippen molar-refractivity contribution in [3.8, 4) is 0 Å². The zero-order chi connectivity index (χ0) is 11.8. The number of rotatable bonds is 7. The van der Waals surface area contributed by atoms with E-state index in [1.165, 1.54) is 6.42 Å². The van der Waals surface area contributed by atoms with Crippen LogP contribution in [0.4, 0.5) is 0 Å². The predicted octanol–water partition coefficient (Wildman–Crippen LogP) is 1.90. The normalized spacial score (nSPS) is 13.0. The Kier molecular flexibility index (Phi) is 6.04. The van der Waals surface area contributed by atoms with E-state index in [0.717, 1.165) is 25.3 Å². The molecule has 0 aliphatic carbocycles. The average Bonchev–Trinajstić information content (AvgIpc) is 2.34. The van der Waals surface area contributed by atoms with Gasteiger partial charge < -0.3 is 10.2 Å². The molecule has 90 valence electrons. The highest BCUT2D eigenvalue weighted by molar-refractivity contribution is 5.02. The molecule has 16 heavy (non-hydrogen) atoms. The third kappa shape index (κ3) is 4.73. The van der Waals surface area contributed by atoms with Gasteiger partial charge in [-0.1, -0.05) is 13.0 Å². The molecule has 0 bridgehead atoms. The molecule has 0 unspecified atom stereocenters. The SMILES string of the molecule is CC[C@H](C)N(C)CCNCc1ccccn1. The van der Waals surface area contributed by atoms with Gasteiger partial charge in [-0.05, 0) is 32.5 Å². The minimum absolute atomic E-state index is 0.664. The topological polar surface area (TPSA) is 28.2 Å². The van der Waals surface area contributed by atoms with Crippen LogP contribution < -0.4 is 5.32 Å². The van der Waals surface area contributed by atoms with E-state index in [1.54, 1.807) is 0 Å². The fourth-order valence-corrected chi connectivity index (χ4v) is 1.51. The molecule has 0 fully saturated rings. The molecule has 0 aliphatic rings. The number of aromatic nitrogens is 1. The molecule has 1 aromatic rings. The van der Waals surface area contributed by atoms with Crippen molar-refractivity contribution in [3.05, 3.63) is 30.1 Å². The lowest BCUT2D eigenvalue weighted by Gasteiger charge is -2.23. The summed E-state index contributed by atoms with van der Waals surface area (Å²) in [5, 5.41) is 3.41. The maximum atomic E-state index is 4.27. The molecule has 1 atom stereocenters. The van der Waals surface area contributed by atoms with Crippen LogP contribution in [0, 0.1) is 0 Å². The fourth-order valence-electron chi connectivity index (χ4n) is 1.51. The second-order valence-electron chi connectivity index (χ2n) is 4.24. The second kappa shape index (κ2) is 7.36. The van der Waals surface area contributed by atoms with Crippen molar-refractivity contribution in [2.75, 3.05) is 20.1 Å². The van der Waals surface area contributed by atoms with E-state index in [9.17, 15) is 0 Å². The number of nitrogens with one attached hydrogen (secondary N) is 1. The smallest absolute Gasteiger partial charge is 0.0541 e. The van der Waals surface area contributed by atoms with Crippen LogP contribution in [0.1, 0.15) is 26.0 Å². The number of hydrogen-bond acceptors (Lipinski definition) is 3. The van der Waals surface area contributed by atoms with Crippen molar-refractivity contribution in [2.24, 2.45) is 0 Å². The first-order valence-corrected chi connectivity index (χ1v) is 6.05. The third-order valence-electron chi connectivity index (χ3n) is 3.02. The first-order valence-electron chi connectivity index (χ1n) is 6.05. The first-order chi connectivity index (χ1) is 7.74. The van der Waals surface area contributed by atoms with E-state index in [0.29, 0.717) is 6.04 Å². The van der Waals surface area contributed by atoms with E-state index >= 15 is 0 Å². The van der Waals surface area contributed by atoms with E-state index in [2.05, 4.69) is 36.1 Å². The van der Waals surface area contributed by atoms with Crippen molar-refractivity contribution in [1.29, 1.82) is 0 Å². The van der Waals surface area contributed by atoms with Crippen LogP contribution in [-0.4, -0.2) is 36.1 Å². The summed E-state index contributed by atoms with van der Waals surface area (Å²) in [6.45, 7) is 7.44. The Balaban J connectivity index is 2.13. The third-order valence-corrected chi connectivity index (χ3v) is 3.02. The van der Waals surface area contributed by atoms with Crippen LogP contribution in [-0.2, 0) is 6.54 Å². The number of likely N-dealkylation sites (N-methyl/N-ethyl adjacent to an activating group) is 1. The van der Waals surface area contributed by atoms with Gasteiger partial charge in [-0.25, -0.2) is 0 Å². The van der Waals surface area contributed by atoms with Gasteiger partial charge in [-0.15, -0.1) is 0 Å². The van der Waals surface area contributed by atoms with Gasteiger partial charge >= 0.3 is 0 Å². The van der Waals surface area contributed by atoms with Crippen LogP contribution in [0.3, 0.4) is 0 Å². The average molecular weight is 221 g/mol. The zero-order valence-corrected chi connectivity index (χ0v) is 10.6. The Bertz CT molecular complexity index is 274. The van der Waals surface area contributed by atoms with E-state index in [1.807, 2.05) is 24.4 Å². The van der Waals surface area contributed by atoms with Gasteiger partial charge in [0, 0.05) is 31.9 Å². The maximum absolute atomic E-state index is 4.27. The Morgan fingerprint density at radius 3 is 2.88 bits per heavy atom. The lowest BCUT2D eigenvalue weighted by molar-refractivity contribution is 0.251. The molecule has 0 radical (unpaired) electrons. The van der Waals surface area contributed by atoms with E-state index in [4.69, 9.17) is 0 Å². The Hall–Kier alpha value is -0.930. The molecular formula is C13H23N3. The van der Waals surface area contributed by atoms with Gasteiger partial charge in [0.1, 0.15) is 0 Å². The molecule has 1 aromatic heterocycles. The standard InChI is InChI=1S/C13H23N3/c1-4-12(2)16(3)10-9-14-11-13-7-5-6-8-15-13/h5-8,12,14H,4,9-11H2,1-3H3/t12-/m0/s1. The van der Waals surface area contributed by atoms with Gasteiger partial charge in [0.2, 0.25) is 0 Å². The molecule has 3 heteroatoms. The van der Waals surface area contributed by atoms with Crippen LogP contribution >= 0.6 is 0 Å². The van der Waals surface area contributed by atoms with Crippen LogP contribution in [0.25, 0.3) is 0 Å². The summed E-state index contributed by atoms with van der Waals surface area (Å²) in [4.78, 5) is 6.65. The summed E-state index contributed by atoms with van der Waals surface area (Å²) in [6, 6.07) is 6.68. The van der Waals surface area contributed by atoms with Crippen molar-refractivity contribution in [2.45, 2.75) is 32.9 Å². The molecule has 3 nitrogen and oxygen atoms in total. The Morgan fingerprint density at radius 1 is 1.44 bits per heavy atom. The van der Waals surface area contributed by atoms with Crippen molar-refractivity contribution in [1.82, 2.24) is 15.2 Å². The number of hydrogen-bond donors (Lipinski definition) is 1. The molecule has 0 aromatic carbocycles. The maximum Gasteiger partial charge on any atom is 0.0541 e. The molecule has 1 rings (SSSR count). The molecule has 0 spiro atoms. The van der Waals surface area contributed by atoms with Crippen molar-refractivity contribution in [3.63, 3.8) is 0 Å². The van der Waals surface area contributed by atoms with Crippen LogP contribution in [0.2, 0.25) is 0 Å². The molecule has 0 amide bonds. The minimum atomic E-state index is 0.664. The molecule has 0 aliphatic heterocycles. The quantitative estimate of drug-likeness (QED) is 0.713. The van der Waals surface area contributed by atoms with Crippen LogP contribution in [0.15, 0.2) is 24.4 Å². The zero-order valence-electron chi connectivity index (χ0n) is 10.6. The molecule has 1 heterocycles. The first kappa shape index (κ1) is 13.1. The molecule has 1 N–H and O–H groups in total. The molecule has 0 saturated carbocycles. The minimum Gasteiger partial charge on any atom is -0.310 e. The van der Waals surface area contributed by atoms with Gasteiger partial charge in [0.05, 0.1) is 5.69 Å². The highest BCUT2D eigenvalue weighted by atomic mass is 15.1. The number of pyridine rings is 1. The van der Waals surface area contributed by atoms with Crippen molar-refractivity contribution < 1.29 is 0 Å². The summed E-state index contributed by atoms with van der Waals surface area (Å²) < 4.78 is 0. The summed E-state index contributed by atoms with van der Waals surface area (Å²) in [6.07, 6.45) is 3.04. The lowest BCUT2D eigenvalue weighted by atomic mass is 10.2. The lowest BCUT2D eigenvalue weighted by Crippen LogP contribution is -2.34. The van der Waals surface area contributed by atoms with Gasteiger partial charge in [-0.3, -0.25) is 4.98 Å². The monoisotopic (exact) mass is 221 g/mol. The van der Waals surface area contributed by atoms with Gasteiger partial charge in [0.15, 0.2) is 0 Å². The highest BCUT2D eigenvalue weighted by Crippen LogP contribution is 1.98. The van der Waals surface area contributed by atoms with Crippen LogP contribution in [0.5, 0.6) is 0 Å². The number of nitrogens with zero attached hydrogens (tertiary/aromatic N) is 2.